The van der Waals surface area contributed by atoms with E-state index in [9.17, 15) is 4.39 Å². The van der Waals surface area contributed by atoms with Gasteiger partial charge in [-0.1, -0.05) is 16.6 Å². The van der Waals surface area contributed by atoms with Gasteiger partial charge < -0.3 is 5.32 Å². The third-order valence-corrected chi connectivity index (χ3v) is 2.90. The molecule has 1 N–H and O–H groups in total. The number of hydrogen-bond acceptors (Lipinski definition) is 4. The zero-order chi connectivity index (χ0) is 11.4. The largest absolute Gasteiger partial charge is 0.304 e. The average molecular weight is 237 g/mol. The Morgan fingerprint density at radius 2 is 2.38 bits per heavy atom. The van der Waals surface area contributed by atoms with Gasteiger partial charge in [0.2, 0.25) is 0 Å². The van der Waals surface area contributed by atoms with Crippen molar-refractivity contribution in [3.63, 3.8) is 0 Å². The van der Waals surface area contributed by atoms with Crippen LogP contribution in [-0.2, 0) is 6.54 Å². The first-order valence-electron chi connectivity index (χ1n) is 5.00. The smallest absolute Gasteiger partial charge is 0.123 e. The normalized spacial score (nSPS) is 12.6. The number of nitrogens with zero attached hydrogens (tertiary/aromatic N) is 2. The lowest BCUT2D eigenvalue weighted by atomic mass is 10.1. The standard InChI is InChI=1S/C11H12FN3S/c1-8(9-3-2-4-10(12)5-9)13-6-11-7-16-15-14-11/h2-5,7-8,13H,6H2,1H3/t8-/m1/s1. The Labute approximate surface area is 97.5 Å². The van der Waals surface area contributed by atoms with Crippen LogP contribution in [0.2, 0.25) is 0 Å². The summed E-state index contributed by atoms with van der Waals surface area (Å²) in [4.78, 5) is 0. The van der Waals surface area contributed by atoms with E-state index < -0.39 is 0 Å². The van der Waals surface area contributed by atoms with E-state index in [1.165, 1.54) is 23.7 Å². The van der Waals surface area contributed by atoms with Crippen molar-refractivity contribution in [2.75, 3.05) is 0 Å². The summed E-state index contributed by atoms with van der Waals surface area (Å²) in [6.07, 6.45) is 0. The lowest BCUT2D eigenvalue weighted by Gasteiger charge is -2.12. The molecular weight excluding hydrogens is 225 g/mol. The van der Waals surface area contributed by atoms with Crippen LogP contribution in [0.25, 0.3) is 0 Å². The average Bonchev–Trinajstić information content (AvgIpc) is 2.78. The molecule has 2 aromatic rings. The van der Waals surface area contributed by atoms with Gasteiger partial charge in [-0.3, -0.25) is 0 Å². The van der Waals surface area contributed by atoms with Crippen LogP contribution in [0.5, 0.6) is 0 Å². The zero-order valence-electron chi connectivity index (χ0n) is 8.85. The summed E-state index contributed by atoms with van der Waals surface area (Å²) >= 11 is 1.33. The first-order valence-corrected chi connectivity index (χ1v) is 5.84. The van der Waals surface area contributed by atoms with Crippen LogP contribution in [0, 0.1) is 5.82 Å². The van der Waals surface area contributed by atoms with E-state index >= 15 is 0 Å². The van der Waals surface area contributed by atoms with E-state index in [1.807, 2.05) is 18.4 Å². The molecule has 0 bridgehead atoms. The summed E-state index contributed by atoms with van der Waals surface area (Å²) in [5.74, 6) is -0.207. The van der Waals surface area contributed by atoms with Gasteiger partial charge in [-0.2, -0.15) is 0 Å². The highest BCUT2D eigenvalue weighted by Gasteiger charge is 2.06. The highest BCUT2D eigenvalue weighted by molar-refractivity contribution is 7.03. The molecule has 3 nitrogen and oxygen atoms in total. The van der Waals surface area contributed by atoms with E-state index in [0.29, 0.717) is 6.54 Å². The maximum absolute atomic E-state index is 13.0. The molecular formula is C11H12FN3S. The van der Waals surface area contributed by atoms with Crippen LogP contribution >= 0.6 is 11.5 Å². The molecule has 0 aliphatic carbocycles. The van der Waals surface area contributed by atoms with Crippen LogP contribution in [0.1, 0.15) is 24.2 Å². The Morgan fingerprint density at radius 3 is 3.06 bits per heavy atom. The van der Waals surface area contributed by atoms with Gasteiger partial charge in [0.15, 0.2) is 0 Å². The Bertz CT molecular complexity index is 444. The Morgan fingerprint density at radius 1 is 1.50 bits per heavy atom. The first-order chi connectivity index (χ1) is 7.75. The van der Waals surface area contributed by atoms with E-state index in [1.54, 1.807) is 6.07 Å². The SMILES string of the molecule is C[C@@H](NCc1csnn1)c1cccc(F)c1. The lowest BCUT2D eigenvalue weighted by Crippen LogP contribution is -2.18. The third-order valence-electron chi connectivity index (χ3n) is 2.34. The molecule has 0 saturated heterocycles. The van der Waals surface area contributed by atoms with Crippen molar-refractivity contribution < 1.29 is 4.39 Å². The molecule has 84 valence electrons. The van der Waals surface area contributed by atoms with E-state index in [0.717, 1.165) is 11.3 Å². The quantitative estimate of drug-likeness (QED) is 0.888. The molecule has 1 aromatic carbocycles. The topological polar surface area (TPSA) is 37.8 Å². The van der Waals surface area contributed by atoms with Crippen LogP contribution in [-0.4, -0.2) is 9.59 Å². The summed E-state index contributed by atoms with van der Waals surface area (Å²) in [5.41, 5.74) is 1.84. The van der Waals surface area contributed by atoms with Crippen molar-refractivity contribution in [2.45, 2.75) is 19.5 Å². The Kier molecular flexibility index (Phi) is 3.58. The van der Waals surface area contributed by atoms with Crippen LogP contribution in [0.4, 0.5) is 4.39 Å². The number of rotatable bonds is 4. The first kappa shape index (κ1) is 11.2. The van der Waals surface area contributed by atoms with Gasteiger partial charge in [-0.25, -0.2) is 4.39 Å². The van der Waals surface area contributed by atoms with E-state index in [-0.39, 0.29) is 11.9 Å². The van der Waals surface area contributed by atoms with E-state index in [4.69, 9.17) is 0 Å². The fourth-order valence-electron chi connectivity index (χ4n) is 1.41. The number of hydrogen-bond donors (Lipinski definition) is 1. The minimum Gasteiger partial charge on any atom is -0.304 e. The summed E-state index contributed by atoms with van der Waals surface area (Å²) in [7, 11) is 0. The minimum atomic E-state index is -0.207. The second kappa shape index (κ2) is 5.14. The van der Waals surface area contributed by atoms with Gasteiger partial charge in [0, 0.05) is 18.0 Å². The van der Waals surface area contributed by atoms with Crippen molar-refractivity contribution >= 4 is 11.5 Å². The number of benzene rings is 1. The van der Waals surface area contributed by atoms with Crippen molar-refractivity contribution in [1.82, 2.24) is 14.9 Å². The fraction of sp³-hybridized carbons (Fsp3) is 0.273. The van der Waals surface area contributed by atoms with Gasteiger partial charge in [-0.05, 0) is 36.2 Å². The third kappa shape index (κ3) is 2.84. The van der Waals surface area contributed by atoms with Gasteiger partial charge in [0.25, 0.3) is 0 Å². The second-order valence-corrected chi connectivity index (χ2v) is 4.16. The summed E-state index contributed by atoms with van der Waals surface area (Å²) < 4.78 is 16.8. The maximum atomic E-state index is 13.0. The van der Waals surface area contributed by atoms with Crippen LogP contribution < -0.4 is 5.32 Å². The molecule has 0 fully saturated rings. The molecule has 0 radical (unpaired) electrons. The van der Waals surface area contributed by atoms with Gasteiger partial charge >= 0.3 is 0 Å². The fourth-order valence-corrected chi connectivity index (χ4v) is 1.86. The van der Waals surface area contributed by atoms with Crippen LogP contribution in [0.15, 0.2) is 29.6 Å². The Hall–Kier alpha value is -1.33. The summed E-state index contributed by atoms with van der Waals surface area (Å²) in [5, 5.41) is 9.09. The minimum absolute atomic E-state index is 0.0948. The number of nitrogens with one attached hydrogen (secondary N) is 1. The summed E-state index contributed by atoms with van der Waals surface area (Å²) in [6.45, 7) is 2.64. The number of aromatic nitrogens is 2. The lowest BCUT2D eigenvalue weighted by molar-refractivity contribution is 0.559. The van der Waals surface area contributed by atoms with Crippen LogP contribution in [0.3, 0.4) is 0 Å². The molecule has 0 amide bonds. The highest BCUT2D eigenvalue weighted by Crippen LogP contribution is 2.13. The molecule has 0 unspecified atom stereocenters. The van der Waals surface area contributed by atoms with Crippen molar-refractivity contribution in [1.29, 1.82) is 0 Å². The molecule has 0 spiro atoms. The molecule has 0 aliphatic heterocycles. The molecule has 5 heteroatoms. The summed E-state index contributed by atoms with van der Waals surface area (Å²) in [6, 6.07) is 6.70. The molecule has 1 atom stereocenters. The van der Waals surface area contributed by atoms with Gasteiger partial charge in [-0.15, -0.1) is 5.10 Å². The van der Waals surface area contributed by atoms with E-state index in [2.05, 4.69) is 14.9 Å². The molecule has 0 saturated carbocycles. The zero-order valence-corrected chi connectivity index (χ0v) is 9.67. The van der Waals surface area contributed by atoms with Crippen molar-refractivity contribution in [2.24, 2.45) is 0 Å². The Balaban J connectivity index is 1.95. The predicted molar refractivity (Wildman–Crippen MR) is 61.6 cm³/mol. The molecule has 0 aliphatic rings. The van der Waals surface area contributed by atoms with Gasteiger partial charge in [0.05, 0.1) is 5.69 Å². The van der Waals surface area contributed by atoms with Crippen molar-refractivity contribution in [3.8, 4) is 0 Å². The van der Waals surface area contributed by atoms with Gasteiger partial charge in [0.1, 0.15) is 5.82 Å². The molecule has 1 heterocycles. The van der Waals surface area contributed by atoms with Crippen molar-refractivity contribution in [3.05, 3.63) is 46.7 Å². The molecule has 16 heavy (non-hydrogen) atoms. The predicted octanol–water partition coefficient (Wildman–Crippen LogP) is 2.53. The number of halogens is 1. The highest BCUT2D eigenvalue weighted by atomic mass is 32.1. The second-order valence-electron chi connectivity index (χ2n) is 3.55. The monoisotopic (exact) mass is 237 g/mol. The molecule has 1 aromatic heterocycles. The maximum Gasteiger partial charge on any atom is 0.123 e. The molecule has 2 rings (SSSR count).